The van der Waals surface area contributed by atoms with Gasteiger partial charge in [0.25, 0.3) is 0 Å². The third-order valence-electron chi connectivity index (χ3n) is 5.02. The first kappa shape index (κ1) is 16.3. The van der Waals surface area contributed by atoms with Gasteiger partial charge in [-0.15, -0.1) is 0 Å². The third-order valence-corrected chi connectivity index (χ3v) is 5.02. The minimum absolute atomic E-state index is 0.226. The summed E-state index contributed by atoms with van der Waals surface area (Å²) in [5.74, 6) is 1.66. The highest BCUT2D eigenvalue weighted by Crippen LogP contribution is 2.29. The largest absolute Gasteiger partial charge is 0.381 e. The zero-order chi connectivity index (χ0) is 17.1. The average Bonchev–Trinajstić information content (AvgIpc) is 3.29. The van der Waals surface area contributed by atoms with Gasteiger partial charge in [-0.25, -0.2) is 9.97 Å². The van der Waals surface area contributed by atoms with Crippen LogP contribution in [0, 0.1) is 5.92 Å². The summed E-state index contributed by atoms with van der Waals surface area (Å²) in [6, 6.07) is 6.30. The van der Waals surface area contributed by atoms with Gasteiger partial charge in [-0.3, -0.25) is 0 Å². The molecule has 0 aliphatic carbocycles. The average molecular weight is 339 g/mol. The minimum atomic E-state index is 0.226. The lowest BCUT2D eigenvalue weighted by molar-refractivity contribution is 0.0516. The Balaban J connectivity index is 1.55. The molecule has 1 unspecified atom stereocenters. The van der Waals surface area contributed by atoms with Gasteiger partial charge in [0.2, 0.25) is 0 Å². The van der Waals surface area contributed by atoms with Crippen LogP contribution >= 0.6 is 0 Å². The monoisotopic (exact) mass is 339 g/mol. The van der Waals surface area contributed by atoms with Gasteiger partial charge < -0.3 is 19.0 Å². The number of aryl methyl sites for hydroxylation is 1. The van der Waals surface area contributed by atoms with Crippen LogP contribution in [0.1, 0.15) is 37.3 Å². The van der Waals surface area contributed by atoms with E-state index >= 15 is 0 Å². The van der Waals surface area contributed by atoms with Gasteiger partial charge in [-0.2, -0.15) is 0 Å². The van der Waals surface area contributed by atoms with Crippen molar-refractivity contribution in [1.82, 2.24) is 24.3 Å². The molecule has 1 saturated heterocycles. The first-order valence-corrected chi connectivity index (χ1v) is 9.10. The normalized spacial score (nSPS) is 17.2. The van der Waals surface area contributed by atoms with Crippen molar-refractivity contribution in [3.8, 4) is 0 Å². The summed E-state index contributed by atoms with van der Waals surface area (Å²) in [7, 11) is 0. The van der Waals surface area contributed by atoms with E-state index in [4.69, 9.17) is 9.72 Å². The van der Waals surface area contributed by atoms with E-state index in [9.17, 15) is 0 Å². The number of nitrogens with one attached hydrogen (secondary N) is 1. The van der Waals surface area contributed by atoms with Gasteiger partial charge in [0, 0.05) is 51.1 Å². The first-order valence-electron chi connectivity index (χ1n) is 9.10. The molecular formula is C19H25N5O. The quantitative estimate of drug-likeness (QED) is 0.750. The number of hydrogen-bond acceptors (Lipinski definition) is 4. The van der Waals surface area contributed by atoms with E-state index in [-0.39, 0.29) is 6.04 Å². The lowest BCUT2D eigenvalue weighted by atomic mass is 9.91. The van der Waals surface area contributed by atoms with Crippen molar-refractivity contribution in [3.05, 3.63) is 54.5 Å². The van der Waals surface area contributed by atoms with Crippen molar-refractivity contribution in [2.24, 2.45) is 5.92 Å². The van der Waals surface area contributed by atoms with Crippen LogP contribution < -0.4 is 5.32 Å². The zero-order valence-electron chi connectivity index (χ0n) is 14.6. The molecule has 132 valence electrons. The number of fused-ring (bicyclic) bond motifs is 1. The molecule has 4 heterocycles. The van der Waals surface area contributed by atoms with E-state index in [1.807, 2.05) is 30.6 Å². The number of aromatic nitrogens is 4. The standard InChI is InChI=1S/C19H25N5O/c1-2-23-10-8-20-19(23)18(15-6-11-25-12-7-15)21-13-16-14-24-9-4-3-5-17(24)22-16/h3-5,8-10,14-15,18,21H,2,6-7,11-13H2,1H3. The second kappa shape index (κ2) is 7.37. The maximum absolute atomic E-state index is 5.56. The smallest absolute Gasteiger partial charge is 0.137 e. The van der Waals surface area contributed by atoms with Crippen LogP contribution in [0.4, 0.5) is 0 Å². The molecule has 1 fully saturated rings. The van der Waals surface area contributed by atoms with Crippen LogP contribution in [0.15, 0.2) is 43.0 Å². The second-order valence-electron chi connectivity index (χ2n) is 6.58. The summed E-state index contributed by atoms with van der Waals surface area (Å²) < 4.78 is 9.85. The fourth-order valence-corrected chi connectivity index (χ4v) is 3.67. The summed E-state index contributed by atoms with van der Waals surface area (Å²) >= 11 is 0. The van der Waals surface area contributed by atoms with Crippen LogP contribution in [0.5, 0.6) is 0 Å². The Morgan fingerprint density at radius 3 is 2.96 bits per heavy atom. The topological polar surface area (TPSA) is 56.4 Å². The van der Waals surface area contributed by atoms with E-state index in [1.54, 1.807) is 0 Å². The van der Waals surface area contributed by atoms with Crippen molar-refractivity contribution in [3.63, 3.8) is 0 Å². The number of rotatable bonds is 6. The molecule has 4 rings (SSSR count). The molecule has 0 saturated carbocycles. The number of pyridine rings is 1. The van der Waals surface area contributed by atoms with Gasteiger partial charge >= 0.3 is 0 Å². The van der Waals surface area contributed by atoms with Gasteiger partial charge in [-0.05, 0) is 37.8 Å². The SMILES string of the molecule is CCn1ccnc1C(NCc1cn2ccccc2n1)C1CCOCC1. The molecule has 1 atom stereocenters. The molecule has 0 radical (unpaired) electrons. The van der Waals surface area contributed by atoms with Gasteiger partial charge in [0.1, 0.15) is 11.5 Å². The van der Waals surface area contributed by atoms with Crippen molar-refractivity contribution in [2.45, 2.75) is 38.9 Å². The van der Waals surface area contributed by atoms with Crippen molar-refractivity contribution < 1.29 is 4.74 Å². The van der Waals surface area contributed by atoms with Crippen molar-refractivity contribution in [2.75, 3.05) is 13.2 Å². The Labute approximate surface area is 147 Å². The molecule has 0 aromatic carbocycles. The fourth-order valence-electron chi connectivity index (χ4n) is 3.67. The second-order valence-corrected chi connectivity index (χ2v) is 6.58. The molecule has 3 aromatic rings. The summed E-state index contributed by atoms with van der Waals surface area (Å²) in [4.78, 5) is 9.35. The van der Waals surface area contributed by atoms with E-state index in [1.165, 1.54) is 0 Å². The molecule has 1 aliphatic rings. The van der Waals surface area contributed by atoms with E-state index in [2.05, 4.69) is 38.6 Å². The Morgan fingerprint density at radius 2 is 2.16 bits per heavy atom. The van der Waals surface area contributed by atoms with Crippen molar-refractivity contribution in [1.29, 1.82) is 0 Å². The first-order chi connectivity index (χ1) is 12.3. The van der Waals surface area contributed by atoms with Gasteiger partial charge in [0.05, 0.1) is 11.7 Å². The molecule has 1 aliphatic heterocycles. The Morgan fingerprint density at radius 1 is 1.28 bits per heavy atom. The predicted molar refractivity (Wildman–Crippen MR) is 96.2 cm³/mol. The Kier molecular flexibility index (Phi) is 4.81. The minimum Gasteiger partial charge on any atom is -0.381 e. The highest BCUT2D eigenvalue weighted by Gasteiger charge is 2.28. The van der Waals surface area contributed by atoms with E-state index in [0.29, 0.717) is 5.92 Å². The molecule has 0 spiro atoms. The maximum Gasteiger partial charge on any atom is 0.137 e. The van der Waals surface area contributed by atoms with Gasteiger partial charge in [0.15, 0.2) is 0 Å². The Hall–Kier alpha value is -2.18. The molecule has 25 heavy (non-hydrogen) atoms. The lowest BCUT2D eigenvalue weighted by Gasteiger charge is -2.31. The lowest BCUT2D eigenvalue weighted by Crippen LogP contribution is -2.34. The number of hydrogen-bond donors (Lipinski definition) is 1. The summed E-state index contributed by atoms with van der Waals surface area (Å²) in [5, 5.41) is 3.73. The zero-order valence-corrected chi connectivity index (χ0v) is 14.6. The highest BCUT2D eigenvalue weighted by atomic mass is 16.5. The van der Waals surface area contributed by atoms with Crippen LogP contribution in [-0.2, 0) is 17.8 Å². The number of imidazole rings is 2. The molecule has 3 aromatic heterocycles. The molecule has 6 nitrogen and oxygen atoms in total. The van der Waals surface area contributed by atoms with Crippen molar-refractivity contribution >= 4 is 5.65 Å². The summed E-state index contributed by atoms with van der Waals surface area (Å²) in [6.45, 7) is 5.51. The molecule has 0 bridgehead atoms. The highest BCUT2D eigenvalue weighted by molar-refractivity contribution is 5.39. The summed E-state index contributed by atoms with van der Waals surface area (Å²) in [5.41, 5.74) is 2.04. The van der Waals surface area contributed by atoms with E-state index < -0.39 is 0 Å². The molecule has 6 heteroatoms. The number of ether oxygens (including phenoxy) is 1. The van der Waals surface area contributed by atoms with E-state index in [0.717, 1.165) is 56.3 Å². The van der Waals surface area contributed by atoms with Crippen LogP contribution in [0.3, 0.4) is 0 Å². The fraction of sp³-hybridized carbons (Fsp3) is 0.474. The molecule has 0 amide bonds. The molecule has 1 N–H and O–H groups in total. The number of nitrogens with zero attached hydrogens (tertiary/aromatic N) is 4. The van der Waals surface area contributed by atoms with Crippen LogP contribution in [-0.4, -0.2) is 32.1 Å². The van der Waals surface area contributed by atoms with Crippen LogP contribution in [0.2, 0.25) is 0 Å². The van der Waals surface area contributed by atoms with Gasteiger partial charge in [-0.1, -0.05) is 6.07 Å². The Bertz CT molecular complexity index is 785. The van der Waals surface area contributed by atoms with Crippen LogP contribution in [0.25, 0.3) is 5.65 Å². The maximum atomic E-state index is 5.56. The predicted octanol–water partition coefficient (Wildman–Crippen LogP) is 2.81. The molecular weight excluding hydrogens is 314 g/mol. The summed E-state index contributed by atoms with van der Waals surface area (Å²) in [6.07, 6.45) is 10.2. The third kappa shape index (κ3) is 3.45.